The molecule has 1 aliphatic heterocycles. The van der Waals surface area contributed by atoms with E-state index in [0.717, 1.165) is 38.5 Å². The first-order chi connectivity index (χ1) is 11.6. The van der Waals surface area contributed by atoms with E-state index in [4.69, 9.17) is 8.83 Å². The van der Waals surface area contributed by atoms with Gasteiger partial charge in [0.1, 0.15) is 23.9 Å². The smallest absolute Gasteiger partial charge is 0.226 e. The number of aromatic hydroxyl groups is 1. The van der Waals surface area contributed by atoms with Crippen LogP contribution in [-0.4, -0.2) is 27.7 Å². The largest absolute Gasteiger partial charge is 0.502 e. The van der Waals surface area contributed by atoms with Gasteiger partial charge in [-0.2, -0.15) is 0 Å². The molecule has 2 aromatic rings. The van der Waals surface area contributed by atoms with Gasteiger partial charge in [-0.05, 0) is 37.9 Å². The van der Waals surface area contributed by atoms with Crippen molar-refractivity contribution in [1.82, 2.24) is 4.90 Å². The molecule has 2 unspecified atom stereocenters. The molecule has 2 aromatic heterocycles. The number of nitrogens with zero attached hydrogens (tertiary/aromatic N) is 1. The van der Waals surface area contributed by atoms with Crippen molar-refractivity contribution in [2.24, 2.45) is 0 Å². The zero-order valence-electron chi connectivity index (χ0n) is 13.6. The summed E-state index contributed by atoms with van der Waals surface area (Å²) < 4.78 is 10.6. The summed E-state index contributed by atoms with van der Waals surface area (Å²) >= 11 is 0. The molecule has 130 valence electrons. The van der Waals surface area contributed by atoms with Gasteiger partial charge in [0, 0.05) is 12.1 Å². The molecule has 0 radical (unpaired) electrons. The molecule has 24 heavy (non-hydrogen) atoms. The van der Waals surface area contributed by atoms with Gasteiger partial charge in [0.25, 0.3) is 0 Å². The second-order valence-electron chi connectivity index (χ2n) is 6.34. The lowest BCUT2D eigenvalue weighted by molar-refractivity contribution is 0.0795. The van der Waals surface area contributed by atoms with Crippen LogP contribution >= 0.6 is 0 Å². The molecule has 2 atom stereocenters. The minimum absolute atomic E-state index is 0.187. The van der Waals surface area contributed by atoms with Gasteiger partial charge < -0.3 is 19.0 Å². The van der Waals surface area contributed by atoms with Crippen LogP contribution in [0, 0.1) is 0 Å². The third kappa shape index (κ3) is 4.07. The van der Waals surface area contributed by atoms with E-state index in [9.17, 15) is 15.0 Å². The molecule has 0 aromatic carbocycles. The Labute approximate surface area is 140 Å². The summed E-state index contributed by atoms with van der Waals surface area (Å²) in [6, 6.07) is 5.08. The summed E-state index contributed by atoms with van der Waals surface area (Å²) in [7, 11) is 0. The molecule has 2 N–H and O–H groups in total. The Hall–Kier alpha value is -2.05. The zero-order chi connectivity index (χ0) is 16.9. The third-order valence-corrected chi connectivity index (χ3v) is 4.59. The third-order valence-electron chi connectivity index (χ3n) is 4.59. The van der Waals surface area contributed by atoms with E-state index in [0.29, 0.717) is 24.5 Å². The Kier molecular flexibility index (Phi) is 5.37. The highest BCUT2D eigenvalue weighted by atomic mass is 16.4. The Morgan fingerprint density at radius 2 is 2.17 bits per heavy atom. The fraction of sp³-hybridized carbons (Fsp3) is 0.500. The zero-order valence-corrected chi connectivity index (χ0v) is 13.6. The molecule has 6 nitrogen and oxygen atoms in total. The number of rotatable bonds is 5. The molecule has 3 rings (SSSR count). The van der Waals surface area contributed by atoms with Crippen LogP contribution < -0.4 is 5.43 Å². The van der Waals surface area contributed by atoms with Crippen LogP contribution in [0.3, 0.4) is 0 Å². The van der Waals surface area contributed by atoms with Gasteiger partial charge >= 0.3 is 0 Å². The summed E-state index contributed by atoms with van der Waals surface area (Å²) in [4.78, 5) is 13.8. The molecular weight excluding hydrogens is 310 g/mol. The van der Waals surface area contributed by atoms with Gasteiger partial charge in [-0.1, -0.05) is 12.8 Å². The van der Waals surface area contributed by atoms with Crippen molar-refractivity contribution in [3.8, 4) is 5.75 Å². The topological polar surface area (TPSA) is 87.1 Å². The molecule has 0 aliphatic carbocycles. The fourth-order valence-corrected chi connectivity index (χ4v) is 3.29. The molecule has 1 fully saturated rings. The molecule has 1 saturated heterocycles. The van der Waals surface area contributed by atoms with Crippen LogP contribution in [-0.2, 0) is 6.54 Å². The molecule has 0 bridgehead atoms. The molecule has 3 heterocycles. The van der Waals surface area contributed by atoms with Crippen molar-refractivity contribution in [1.29, 1.82) is 0 Å². The minimum Gasteiger partial charge on any atom is -0.502 e. The number of likely N-dealkylation sites (tertiary alicyclic amines) is 1. The lowest BCUT2D eigenvalue weighted by Crippen LogP contribution is -2.35. The second kappa shape index (κ2) is 7.68. The van der Waals surface area contributed by atoms with E-state index in [1.165, 1.54) is 6.07 Å². The first-order valence-electron chi connectivity index (χ1n) is 8.39. The first-order valence-corrected chi connectivity index (χ1v) is 8.39. The van der Waals surface area contributed by atoms with Gasteiger partial charge in [-0.3, -0.25) is 9.69 Å². The van der Waals surface area contributed by atoms with E-state index in [-0.39, 0.29) is 11.8 Å². The highest BCUT2D eigenvalue weighted by Crippen LogP contribution is 2.27. The van der Waals surface area contributed by atoms with E-state index < -0.39 is 11.5 Å². The normalized spacial score (nSPS) is 20.6. The summed E-state index contributed by atoms with van der Waals surface area (Å²) in [5.74, 6) is 0.729. The Morgan fingerprint density at radius 3 is 2.92 bits per heavy atom. The highest BCUT2D eigenvalue weighted by Gasteiger charge is 2.26. The first kappa shape index (κ1) is 16.8. The number of hydrogen-bond donors (Lipinski definition) is 2. The van der Waals surface area contributed by atoms with Crippen molar-refractivity contribution >= 4 is 0 Å². The predicted octanol–water partition coefficient (Wildman–Crippen LogP) is 2.81. The molecule has 1 aliphatic rings. The molecular formula is C18H23NO5. The Bertz CT molecular complexity index is 694. The van der Waals surface area contributed by atoms with Gasteiger partial charge in [-0.25, -0.2) is 0 Å². The maximum atomic E-state index is 11.6. The van der Waals surface area contributed by atoms with Gasteiger partial charge in [0.05, 0.1) is 12.8 Å². The Balaban J connectivity index is 1.72. The number of furan rings is 1. The van der Waals surface area contributed by atoms with Crippen LogP contribution in [0.2, 0.25) is 0 Å². The van der Waals surface area contributed by atoms with E-state index in [1.807, 2.05) is 0 Å². The fourth-order valence-electron chi connectivity index (χ4n) is 3.29. The molecule has 6 heteroatoms. The van der Waals surface area contributed by atoms with Crippen LogP contribution in [0.4, 0.5) is 0 Å². The SMILES string of the molecule is O=c1cc(CN2CCCCCC2CC(O)c2ccco2)occ1O. The maximum absolute atomic E-state index is 11.6. The van der Waals surface area contributed by atoms with Gasteiger partial charge in [0.15, 0.2) is 5.75 Å². The van der Waals surface area contributed by atoms with Crippen molar-refractivity contribution in [3.05, 3.63) is 52.5 Å². The van der Waals surface area contributed by atoms with Crippen molar-refractivity contribution < 1.29 is 19.0 Å². The van der Waals surface area contributed by atoms with Crippen molar-refractivity contribution in [2.45, 2.75) is 50.8 Å². The van der Waals surface area contributed by atoms with E-state index >= 15 is 0 Å². The van der Waals surface area contributed by atoms with E-state index in [2.05, 4.69) is 4.90 Å². The summed E-state index contributed by atoms with van der Waals surface area (Å²) in [6.45, 7) is 1.38. The number of aliphatic hydroxyl groups is 1. The summed E-state index contributed by atoms with van der Waals surface area (Å²) in [6.07, 6.45) is 6.93. The van der Waals surface area contributed by atoms with Crippen LogP contribution in [0.5, 0.6) is 5.75 Å². The van der Waals surface area contributed by atoms with Crippen molar-refractivity contribution in [3.63, 3.8) is 0 Å². The van der Waals surface area contributed by atoms with Crippen LogP contribution in [0.15, 0.2) is 44.4 Å². The standard InChI is InChI=1S/C18H23NO5/c20-15-10-14(24-12-17(15)22)11-19-7-3-1-2-5-13(19)9-16(21)18-6-4-8-23-18/h4,6,8,10,12-13,16,21-22H,1-3,5,7,9,11H2. The minimum atomic E-state index is -0.641. The van der Waals surface area contributed by atoms with Crippen LogP contribution in [0.1, 0.15) is 49.7 Å². The predicted molar refractivity (Wildman–Crippen MR) is 87.6 cm³/mol. The molecule has 0 saturated carbocycles. The van der Waals surface area contributed by atoms with Gasteiger partial charge in [0.2, 0.25) is 5.43 Å². The average molecular weight is 333 g/mol. The number of aliphatic hydroxyl groups excluding tert-OH is 1. The highest BCUT2D eigenvalue weighted by molar-refractivity contribution is 5.15. The van der Waals surface area contributed by atoms with Crippen LogP contribution in [0.25, 0.3) is 0 Å². The molecule has 0 amide bonds. The summed E-state index contributed by atoms with van der Waals surface area (Å²) in [5, 5.41) is 19.7. The molecule has 0 spiro atoms. The lowest BCUT2D eigenvalue weighted by Gasteiger charge is -2.30. The van der Waals surface area contributed by atoms with Gasteiger partial charge in [-0.15, -0.1) is 0 Å². The summed E-state index contributed by atoms with van der Waals surface area (Å²) in [5.41, 5.74) is -0.432. The van der Waals surface area contributed by atoms with Crippen molar-refractivity contribution in [2.75, 3.05) is 6.54 Å². The average Bonchev–Trinajstić information content (AvgIpc) is 3.02. The lowest BCUT2D eigenvalue weighted by atomic mass is 10.0. The monoisotopic (exact) mass is 333 g/mol. The maximum Gasteiger partial charge on any atom is 0.226 e. The second-order valence-corrected chi connectivity index (χ2v) is 6.34. The number of hydrogen-bond acceptors (Lipinski definition) is 6. The Morgan fingerprint density at radius 1 is 1.29 bits per heavy atom. The van der Waals surface area contributed by atoms with E-state index in [1.54, 1.807) is 18.4 Å². The quantitative estimate of drug-likeness (QED) is 0.875.